The van der Waals surface area contributed by atoms with E-state index in [0.717, 1.165) is 50.0 Å². The summed E-state index contributed by atoms with van der Waals surface area (Å²) >= 11 is 0. The van der Waals surface area contributed by atoms with Gasteiger partial charge in [-0.1, -0.05) is 30.3 Å². The summed E-state index contributed by atoms with van der Waals surface area (Å²) in [6.07, 6.45) is 2.37. The van der Waals surface area contributed by atoms with Crippen molar-refractivity contribution in [2.75, 3.05) is 19.7 Å². The topological polar surface area (TPSA) is 71.7 Å². The maximum atomic E-state index is 6.09. The lowest BCUT2D eigenvalue weighted by Gasteiger charge is -2.32. The van der Waals surface area contributed by atoms with E-state index < -0.39 is 0 Å². The lowest BCUT2D eigenvalue weighted by Crippen LogP contribution is -2.42. The molecule has 0 saturated carbocycles. The molecule has 1 aromatic heterocycles. The molecule has 7 heteroatoms. The molecule has 6 nitrogen and oxygen atoms in total. The second-order valence-corrected chi connectivity index (χ2v) is 6.93. The van der Waals surface area contributed by atoms with Gasteiger partial charge in [-0.3, -0.25) is 0 Å². The van der Waals surface area contributed by atoms with Crippen molar-refractivity contribution in [3.8, 4) is 0 Å². The van der Waals surface area contributed by atoms with Gasteiger partial charge in [0.25, 0.3) is 0 Å². The van der Waals surface area contributed by atoms with Crippen LogP contribution in [0.15, 0.2) is 39.7 Å². The first-order valence-corrected chi connectivity index (χ1v) is 9.79. The molecule has 1 fully saturated rings. The fourth-order valence-corrected chi connectivity index (χ4v) is 3.39. The fourth-order valence-electron chi connectivity index (χ4n) is 3.39. The van der Waals surface area contributed by atoms with Crippen LogP contribution in [0.25, 0.3) is 0 Å². The summed E-state index contributed by atoms with van der Waals surface area (Å²) in [6.45, 7) is 8.80. The number of aryl methyl sites for hydroxylation is 2. The van der Waals surface area contributed by atoms with Crippen LogP contribution < -0.4 is 10.6 Å². The van der Waals surface area contributed by atoms with Crippen LogP contribution in [0.1, 0.15) is 48.8 Å². The van der Waals surface area contributed by atoms with Crippen molar-refractivity contribution < 1.29 is 9.15 Å². The highest BCUT2D eigenvalue weighted by Crippen LogP contribution is 2.33. The molecule has 2 N–H and O–H groups in total. The summed E-state index contributed by atoms with van der Waals surface area (Å²) < 4.78 is 11.7. The number of benzene rings is 1. The fraction of sp³-hybridized carbons (Fsp3) is 0.524. The van der Waals surface area contributed by atoms with Crippen LogP contribution in [0.5, 0.6) is 0 Å². The number of halogens is 1. The standard InChI is InChI=1S/C21H30N4O2.HI/c1-4-22-21(24-14-19-25-15(2)16(3)27-19)23-13-18-11-8-12-26-20(18)17-9-6-5-7-10-17;/h5-7,9-10,18,20H,4,8,11-14H2,1-3H3,(H2,22,23,24);1H. The molecule has 2 atom stereocenters. The predicted octanol–water partition coefficient (Wildman–Crippen LogP) is 4.13. The molecule has 2 aromatic rings. The zero-order valence-corrected chi connectivity index (χ0v) is 19.2. The third-order valence-corrected chi connectivity index (χ3v) is 4.89. The molecule has 154 valence electrons. The summed E-state index contributed by atoms with van der Waals surface area (Å²) in [5.74, 6) is 2.69. The second kappa shape index (κ2) is 11.4. The number of ether oxygens (including phenoxy) is 1. The van der Waals surface area contributed by atoms with Gasteiger partial charge in [-0.25, -0.2) is 9.98 Å². The van der Waals surface area contributed by atoms with E-state index in [2.05, 4.69) is 51.8 Å². The largest absolute Gasteiger partial charge is 0.444 e. The van der Waals surface area contributed by atoms with Gasteiger partial charge in [-0.2, -0.15) is 0 Å². The molecule has 0 spiro atoms. The van der Waals surface area contributed by atoms with E-state index in [4.69, 9.17) is 9.15 Å². The Hall–Kier alpha value is -1.61. The number of nitrogens with one attached hydrogen (secondary N) is 2. The molecule has 0 radical (unpaired) electrons. The third kappa shape index (κ3) is 6.20. The molecule has 28 heavy (non-hydrogen) atoms. The Morgan fingerprint density at radius 1 is 1.21 bits per heavy atom. The number of rotatable bonds is 6. The van der Waals surface area contributed by atoms with Crippen LogP contribution in [0, 0.1) is 19.8 Å². The first-order valence-electron chi connectivity index (χ1n) is 9.79. The van der Waals surface area contributed by atoms with E-state index in [1.54, 1.807) is 0 Å². The Bertz CT molecular complexity index is 729. The molecule has 0 aliphatic carbocycles. The molecular formula is C21H31IN4O2. The number of nitrogens with zero attached hydrogens (tertiary/aromatic N) is 2. The van der Waals surface area contributed by atoms with Crippen molar-refractivity contribution in [1.82, 2.24) is 15.6 Å². The van der Waals surface area contributed by atoms with Crippen LogP contribution in [-0.4, -0.2) is 30.6 Å². The Kier molecular flexibility index (Phi) is 9.24. The first kappa shape index (κ1) is 22.7. The summed E-state index contributed by atoms with van der Waals surface area (Å²) in [5, 5.41) is 6.77. The van der Waals surface area contributed by atoms with E-state index in [1.165, 1.54) is 5.56 Å². The Morgan fingerprint density at radius 2 is 2.00 bits per heavy atom. The van der Waals surface area contributed by atoms with Gasteiger partial charge in [0.1, 0.15) is 12.3 Å². The molecule has 3 rings (SSSR count). The van der Waals surface area contributed by atoms with Gasteiger partial charge in [0.05, 0.1) is 11.8 Å². The number of hydrogen-bond acceptors (Lipinski definition) is 4. The molecule has 1 aliphatic heterocycles. The smallest absolute Gasteiger partial charge is 0.216 e. The summed E-state index contributed by atoms with van der Waals surface area (Å²) in [7, 11) is 0. The molecule has 1 aliphatic rings. The molecule has 0 bridgehead atoms. The van der Waals surface area contributed by atoms with E-state index in [9.17, 15) is 0 Å². The van der Waals surface area contributed by atoms with Crippen molar-refractivity contribution >= 4 is 29.9 Å². The Labute approximate surface area is 184 Å². The maximum Gasteiger partial charge on any atom is 0.216 e. The van der Waals surface area contributed by atoms with E-state index >= 15 is 0 Å². The predicted molar refractivity (Wildman–Crippen MR) is 122 cm³/mol. The van der Waals surface area contributed by atoms with Crippen LogP contribution in [-0.2, 0) is 11.3 Å². The van der Waals surface area contributed by atoms with Crippen molar-refractivity contribution in [3.05, 3.63) is 53.2 Å². The van der Waals surface area contributed by atoms with Crippen molar-refractivity contribution in [3.63, 3.8) is 0 Å². The van der Waals surface area contributed by atoms with E-state index in [-0.39, 0.29) is 30.1 Å². The highest BCUT2D eigenvalue weighted by molar-refractivity contribution is 14.0. The van der Waals surface area contributed by atoms with Crippen molar-refractivity contribution in [2.24, 2.45) is 10.9 Å². The summed E-state index contributed by atoms with van der Waals surface area (Å²) in [4.78, 5) is 9.01. The van der Waals surface area contributed by atoms with E-state index in [1.807, 2.05) is 19.9 Å². The monoisotopic (exact) mass is 498 g/mol. The summed E-state index contributed by atoms with van der Waals surface area (Å²) in [6, 6.07) is 10.5. The third-order valence-electron chi connectivity index (χ3n) is 4.89. The van der Waals surface area contributed by atoms with Crippen LogP contribution in [0.3, 0.4) is 0 Å². The van der Waals surface area contributed by atoms with Crippen LogP contribution in [0.2, 0.25) is 0 Å². The highest BCUT2D eigenvalue weighted by Gasteiger charge is 2.27. The molecule has 2 heterocycles. The number of aliphatic imine (C=N–C) groups is 1. The number of oxazole rings is 1. The average molecular weight is 498 g/mol. The SMILES string of the molecule is CCNC(=NCc1nc(C)c(C)o1)NCC1CCCOC1c1ccccc1.I. The highest BCUT2D eigenvalue weighted by atomic mass is 127. The van der Waals surface area contributed by atoms with Crippen LogP contribution >= 0.6 is 24.0 Å². The van der Waals surface area contributed by atoms with Gasteiger partial charge in [0.15, 0.2) is 5.96 Å². The quantitative estimate of drug-likeness (QED) is 0.356. The van der Waals surface area contributed by atoms with Gasteiger partial charge < -0.3 is 19.8 Å². The van der Waals surface area contributed by atoms with Gasteiger partial charge in [-0.05, 0) is 39.2 Å². The minimum atomic E-state index is 0. The summed E-state index contributed by atoms with van der Waals surface area (Å²) in [5.41, 5.74) is 2.17. The zero-order chi connectivity index (χ0) is 19.1. The Balaban J connectivity index is 0.00000280. The normalized spacial score (nSPS) is 19.8. The molecule has 2 unspecified atom stereocenters. The van der Waals surface area contributed by atoms with Crippen molar-refractivity contribution in [1.29, 1.82) is 0 Å². The number of guanidine groups is 1. The minimum Gasteiger partial charge on any atom is -0.444 e. The lowest BCUT2D eigenvalue weighted by molar-refractivity contribution is -0.0265. The second-order valence-electron chi connectivity index (χ2n) is 6.93. The van der Waals surface area contributed by atoms with Crippen molar-refractivity contribution in [2.45, 2.75) is 46.3 Å². The molecule has 1 saturated heterocycles. The molecular weight excluding hydrogens is 467 g/mol. The molecule has 1 aromatic carbocycles. The first-order chi connectivity index (χ1) is 13.2. The van der Waals surface area contributed by atoms with Gasteiger partial charge in [-0.15, -0.1) is 24.0 Å². The molecule has 0 amide bonds. The average Bonchev–Trinajstić information content (AvgIpc) is 3.02. The minimum absolute atomic E-state index is 0. The van der Waals surface area contributed by atoms with E-state index in [0.29, 0.717) is 18.4 Å². The number of hydrogen-bond donors (Lipinski definition) is 2. The van der Waals surface area contributed by atoms with Gasteiger partial charge in [0.2, 0.25) is 5.89 Å². The van der Waals surface area contributed by atoms with Gasteiger partial charge in [0, 0.05) is 25.6 Å². The maximum absolute atomic E-state index is 6.09. The zero-order valence-electron chi connectivity index (χ0n) is 16.9. The Morgan fingerprint density at radius 3 is 2.68 bits per heavy atom. The number of aromatic nitrogens is 1. The van der Waals surface area contributed by atoms with Gasteiger partial charge >= 0.3 is 0 Å². The lowest BCUT2D eigenvalue weighted by atomic mass is 9.89. The van der Waals surface area contributed by atoms with Crippen LogP contribution in [0.4, 0.5) is 0 Å².